The first kappa shape index (κ1) is 16.3. The summed E-state index contributed by atoms with van der Waals surface area (Å²) in [7, 11) is 0. The van der Waals surface area contributed by atoms with E-state index in [4.69, 9.17) is 5.26 Å². The van der Waals surface area contributed by atoms with Crippen LogP contribution in [0.15, 0.2) is 34.4 Å². The Morgan fingerprint density at radius 3 is 2.67 bits per heavy atom. The zero-order valence-corrected chi connectivity index (χ0v) is 13.4. The van der Waals surface area contributed by atoms with Gasteiger partial charge in [-0.15, -0.1) is 0 Å². The van der Waals surface area contributed by atoms with Crippen molar-refractivity contribution in [1.29, 1.82) is 5.26 Å². The number of nitrogens with zero attached hydrogens (tertiary/aromatic N) is 5. The number of halogens is 3. The molecule has 0 atom stereocenters. The smallest absolute Gasteiger partial charge is 0.216 e. The molecule has 0 aliphatic heterocycles. The lowest BCUT2D eigenvalue weighted by Crippen LogP contribution is -2.08. The molecule has 2 aromatic heterocycles. The molecule has 0 saturated carbocycles. The molecule has 3 aromatic rings. The summed E-state index contributed by atoms with van der Waals surface area (Å²) in [4.78, 5) is 8.64. The van der Waals surface area contributed by atoms with E-state index >= 15 is 0 Å². The quantitative estimate of drug-likeness (QED) is 0.659. The van der Waals surface area contributed by atoms with E-state index in [1.54, 1.807) is 13.0 Å². The van der Waals surface area contributed by atoms with Gasteiger partial charge in [0.15, 0.2) is 0 Å². The first-order valence-corrected chi connectivity index (χ1v) is 7.59. The highest BCUT2D eigenvalue weighted by Crippen LogP contribution is 2.37. The highest BCUT2D eigenvalue weighted by Gasteiger charge is 2.34. The molecule has 0 radical (unpaired) electrons. The topological polar surface area (TPSA) is 66.9 Å². The third-order valence-corrected chi connectivity index (χ3v) is 4.65. The molecule has 5 nitrogen and oxygen atoms in total. The standard InChI is InChI=1S/C15H10F3N5S/c1-8-9(2)22-14-20-7-21-23(14)13(8)24-11-4-3-10(6-19)12(5-11)15(16,17)18/h3-5,7H,1-2H3. The minimum Gasteiger partial charge on any atom is -0.216 e. The number of nitriles is 1. The Bertz CT molecular complexity index is 972. The number of alkyl halides is 3. The van der Waals surface area contributed by atoms with E-state index in [1.165, 1.54) is 23.0 Å². The van der Waals surface area contributed by atoms with Gasteiger partial charge in [0, 0.05) is 16.2 Å². The lowest BCUT2D eigenvalue weighted by molar-refractivity contribution is -0.137. The molecule has 0 fully saturated rings. The second kappa shape index (κ2) is 5.79. The normalized spacial score (nSPS) is 11.7. The van der Waals surface area contributed by atoms with E-state index in [0.717, 1.165) is 29.1 Å². The molecule has 0 N–H and O–H groups in total. The van der Waals surface area contributed by atoms with Gasteiger partial charge in [-0.1, -0.05) is 11.8 Å². The fourth-order valence-electron chi connectivity index (χ4n) is 2.15. The summed E-state index contributed by atoms with van der Waals surface area (Å²) in [6, 6.07) is 5.20. The zero-order chi connectivity index (χ0) is 17.5. The average molecular weight is 349 g/mol. The Kier molecular flexibility index (Phi) is 3.93. The van der Waals surface area contributed by atoms with Crippen molar-refractivity contribution in [2.24, 2.45) is 0 Å². The Balaban J connectivity index is 2.12. The minimum absolute atomic E-state index is 0.354. The maximum Gasteiger partial charge on any atom is 0.417 e. The highest BCUT2D eigenvalue weighted by molar-refractivity contribution is 7.99. The van der Waals surface area contributed by atoms with Crippen molar-refractivity contribution in [2.45, 2.75) is 29.9 Å². The van der Waals surface area contributed by atoms with Crippen LogP contribution < -0.4 is 0 Å². The summed E-state index contributed by atoms with van der Waals surface area (Å²) >= 11 is 1.12. The number of hydrogen-bond acceptors (Lipinski definition) is 5. The lowest BCUT2D eigenvalue weighted by atomic mass is 10.1. The van der Waals surface area contributed by atoms with Crippen LogP contribution in [0.1, 0.15) is 22.4 Å². The monoisotopic (exact) mass is 349 g/mol. The van der Waals surface area contributed by atoms with Gasteiger partial charge >= 0.3 is 6.18 Å². The summed E-state index contributed by atoms with van der Waals surface area (Å²) in [5.74, 6) is 0.380. The van der Waals surface area contributed by atoms with Crippen LogP contribution in [0.2, 0.25) is 0 Å². The largest absolute Gasteiger partial charge is 0.417 e. The Hall–Kier alpha value is -2.60. The van der Waals surface area contributed by atoms with Crippen LogP contribution >= 0.6 is 11.8 Å². The van der Waals surface area contributed by atoms with Gasteiger partial charge in [-0.05, 0) is 32.0 Å². The summed E-state index contributed by atoms with van der Waals surface area (Å²) in [5.41, 5.74) is 0.173. The van der Waals surface area contributed by atoms with Crippen LogP contribution in [0.3, 0.4) is 0 Å². The maximum absolute atomic E-state index is 13.1. The van der Waals surface area contributed by atoms with Crippen molar-refractivity contribution in [3.63, 3.8) is 0 Å². The molecule has 0 unspecified atom stereocenters. The van der Waals surface area contributed by atoms with Crippen molar-refractivity contribution in [3.05, 3.63) is 46.9 Å². The van der Waals surface area contributed by atoms with Gasteiger partial charge in [0.25, 0.3) is 5.78 Å². The molecule has 0 spiro atoms. The van der Waals surface area contributed by atoms with E-state index in [1.807, 2.05) is 6.92 Å². The number of benzene rings is 1. The van der Waals surface area contributed by atoms with Gasteiger partial charge in [-0.2, -0.15) is 33.0 Å². The van der Waals surface area contributed by atoms with Crippen molar-refractivity contribution in [3.8, 4) is 6.07 Å². The second-order valence-corrected chi connectivity index (χ2v) is 6.08. The van der Waals surface area contributed by atoms with Gasteiger partial charge in [-0.25, -0.2) is 4.98 Å². The van der Waals surface area contributed by atoms with Crippen LogP contribution in [0.4, 0.5) is 13.2 Å². The summed E-state index contributed by atoms with van der Waals surface area (Å²) in [6.07, 6.45) is -3.25. The van der Waals surface area contributed by atoms with Crippen LogP contribution in [0.25, 0.3) is 5.78 Å². The summed E-state index contributed by atoms with van der Waals surface area (Å²) in [5, 5.41) is 13.6. The van der Waals surface area contributed by atoms with E-state index in [0.29, 0.717) is 15.7 Å². The summed E-state index contributed by atoms with van der Waals surface area (Å²) in [6.45, 7) is 3.62. The number of rotatable bonds is 2. The predicted molar refractivity (Wildman–Crippen MR) is 80.5 cm³/mol. The van der Waals surface area contributed by atoms with E-state index in [9.17, 15) is 13.2 Å². The van der Waals surface area contributed by atoms with Gasteiger partial charge < -0.3 is 0 Å². The van der Waals surface area contributed by atoms with Gasteiger partial charge in [0.1, 0.15) is 11.4 Å². The molecule has 0 bridgehead atoms. The molecule has 9 heteroatoms. The molecular formula is C15H10F3N5S. The fourth-order valence-corrected chi connectivity index (χ4v) is 3.20. The molecule has 2 heterocycles. The SMILES string of the molecule is Cc1nc2ncnn2c(Sc2ccc(C#N)c(C(F)(F)F)c2)c1C. The Morgan fingerprint density at radius 2 is 2.00 bits per heavy atom. The van der Waals surface area contributed by atoms with Crippen LogP contribution in [0.5, 0.6) is 0 Å². The Morgan fingerprint density at radius 1 is 1.25 bits per heavy atom. The van der Waals surface area contributed by atoms with Gasteiger partial charge in [0.2, 0.25) is 0 Å². The molecule has 0 amide bonds. The molecule has 1 aromatic carbocycles. The van der Waals surface area contributed by atoms with Crippen molar-refractivity contribution >= 4 is 17.5 Å². The van der Waals surface area contributed by atoms with Crippen LogP contribution in [-0.4, -0.2) is 19.6 Å². The number of fused-ring (bicyclic) bond motifs is 1. The number of aromatic nitrogens is 4. The van der Waals surface area contributed by atoms with E-state index in [-0.39, 0.29) is 0 Å². The predicted octanol–water partition coefficient (Wildman–Crippen LogP) is 3.78. The molecule has 0 saturated heterocycles. The lowest BCUT2D eigenvalue weighted by Gasteiger charge is -2.12. The molecule has 0 aliphatic rings. The maximum atomic E-state index is 13.1. The van der Waals surface area contributed by atoms with Gasteiger partial charge in [0.05, 0.1) is 17.2 Å². The van der Waals surface area contributed by atoms with Gasteiger partial charge in [-0.3, -0.25) is 0 Å². The number of aryl methyl sites for hydroxylation is 1. The molecular weight excluding hydrogens is 339 g/mol. The zero-order valence-electron chi connectivity index (χ0n) is 12.6. The van der Waals surface area contributed by atoms with E-state index < -0.39 is 17.3 Å². The van der Waals surface area contributed by atoms with Crippen LogP contribution in [0, 0.1) is 25.2 Å². The summed E-state index contributed by atoms with van der Waals surface area (Å²) < 4.78 is 40.8. The van der Waals surface area contributed by atoms with Crippen molar-refractivity contribution in [1.82, 2.24) is 19.6 Å². The average Bonchev–Trinajstić information content (AvgIpc) is 2.98. The molecule has 0 aliphatic carbocycles. The first-order valence-electron chi connectivity index (χ1n) is 6.77. The fraction of sp³-hybridized carbons (Fsp3) is 0.200. The van der Waals surface area contributed by atoms with Crippen LogP contribution in [-0.2, 0) is 6.18 Å². The molecule has 24 heavy (non-hydrogen) atoms. The third-order valence-electron chi connectivity index (χ3n) is 3.48. The minimum atomic E-state index is -4.59. The van der Waals surface area contributed by atoms with E-state index in [2.05, 4.69) is 15.1 Å². The Labute approximate surface area is 139 Å². The third kappa shape index (κ3) is 2.80. The highest BCUT2D eigenvalue weighted by atomic mass is 32.2. The van der Waals surface area contributed by atoms with Crippen molar-refractivity contribution < 1.29 is 13.2 Å². The number of hydrogen-bond donors (Lipinski definition) is 0. The molecule has 122 valence electrons. The van der Waals surface area contributed by atoms with Crippen molar-refractivity contribution in [2.75, 3.05) is 0 Å². The molecule has 3 rings (SSSR count). The second-order valence-electron chi connectivity index (χ2n) is 5.02. The first-order chi connectivity index (χ1) is 11.3.